The first-order valence-corrected chi connectivity index (χ1v) is 7.92. The van der Waals surface area contributed by atoms with Crippen molar-refractivity contribution in [3.05, 3.63) is 60.2 Å². The Hall–Kier alpha value is -2.82. The molecule has 0 aromatic heterocycles. The number of hydrogen-bond donors (Lipinski definition) is 1. The van der Waals surface area contributed by atoms with Crippen LogP contribution in [0.5, 0.6) is 5.75 Å². The molecule has 0 radical (unpaired) electrons. The van der Waals surface area contributed by atoms with E-state index in [1.165, 1.54) is 0 Å². The van der Waals surface area contributed by atoms with Crippen molar-refractivity contribution in [3.63, 3.8) is 0 Å². The molecule has 0 bridgehead atoms. The van der Waals surface area contributed by atoms with Crippen LogP contribution in [0, 0.1) is 0 Å². The number of rotatable bonds is 5. The summed E-state index contributed by atoms with van der Waals surface area (Å²) < 4.78 is 5.13. The van der Waals surface area contributed by atoms with Gasteiger partial charge in [-0.2, -0.15) is 0 Å². The van der Waals surface area contributed by atoms with E-state index in [1.807, 2.05) is 36.4 Å². The number of amides is 2. The van der Waals surface area contributed by atoms with Gasteiger partial charge in [-0.3, -0.25) is 9.59 Å². The van der Waals surface area contributed by atoms with Crippen LogP contribution in [0.4, 0.5) is 5.69 Å². The summed E-state index contributed by atoms with van der Waals surface area (Å²) in [5.41, 5.74) is 1.80. The first kappa shape index (κ1) is 16.1. The van der Waals surface area contributed by atoms with Gasteiger partial charge in [0.25, 0.3) is 0 Å². The third-order valence-corrected chi connectivity index (χ3v) is 4.17. The Morgan fingerprint density at radius 1 is 1.21 bits per heavy atom. The molecule has 1 atom stereocenters. The van der Waals surface area contributed by atoms with Crippen molar-refractivity contribution in [2.24, 2.45) is 0 Å². The Labute approximate surface area is 141 Å². The Morgan fingerprint density at radius 3 is 2.75 bits per heavy atom. The van der Waals surface area contributed by atoms with Crippen LogP contribution in [0.15, 0.2) is 54.6 Å². The minimum atomic E-state index is -0.203. The van der Waals surface area contributed by atoms with Crippen LogP contribution in [-0.2, 0) is 9.59 Å². The van der Waals surface area contributed by atoms with E-state index in [0.717, 1.165) is 5.56 Å². The number of likely N-dealkylation sites (tertiary alicyclic amines) is 1. The van der Waals surface area contributed by atoms with E-state index in [-0.39, 0.29) is 24.3 Å². The molecule has 1 aliphatic rings. The predicted molar refractivity (Wildman–Crippen MR) is 92.0 cm³/mol. The summed E-state index contributed by atoms with van der Waals surface area (Å²) in [6.45, 7) is 0.647. The van der Waals surface area contributed by atoms with E-state index in [2.05, 4.69) is 5.32 Å². The highest BCUT2D eigenvalue weighted by atomic mass is 16.5. The number of nitrogens with zero attached hydrogens (tertiary/aromatic N) is 1. The van der Waals surface area contributed by atoms with Crippen molar-refractivity contribution in [2.45, 2.75) is 12.3 Å². The van der Waals surface area contributed by atoms with E-state index in [4.69, 9.17) is 4.74 Å². The molecule has 0 unspecified atom stereocenters. The minimum absolute atomic E-state index is 0.0182. The largest absolute Gasteiger partial charge is 0.497 e. The van der Waals surface area contributed by atoms with Gasteiger partial charge < -0.3 is 15.0 Å². The molecule has 3 rings (SSSR count). The molecule has 2 aromatic rings. The lowest BCUT2D eigenvalue weighted by molar-refractivity contribution is -0.131. The summed E-state index contributed by atoms with van der Waals surface area (Å²) in [6.07, 6.45) is 0.455. The summed E-state index contributed by atoms with van der Waals surface area (Å²) in [7, 11) is 1.58. The summed E-state index contributed by atoms with van der Waals surface area (Å²) in [6, 6.07) is 17.1. The monoisotopic (exact) mass is 324 g/mol. The average molecular weight is 324 g/mol. The Balaban J connectivity index is 1.59. The van der Waals surface area contributed by atoms with Crippen molar-refractivity contribution >= 4 is 17.5 Å². The Morgan fingerprint density at radius 2 is 2.00 bits per heavy atom. The van der Waals surface area contributed by atoms with Gasteiger partial charge in [-0.25, -0.2) is 0 Å². The van der Waals surface area contributed by atoms with Crippen LogP contribution in [0.1, 0.15) is 17.9 Å². The van der Waals surface area contributed by atoms with E-state index in [9.17, 15) is 9.59 Å². The highest BCUT2D eigenvalue weighted by Gasteiger charge is 2.31. The fourth-order valence-electron chi connectivity index (χ4n) is 2.95. The third-order valence-electron chi connectivity index (χ3n) is 4.17. The van der Waals surface area contributed by atoms with Gasteiger partial charge in [0.1, 0.15) is 5.75 Å². The molecule has 1 aliphatic heterocycles. The molecule has 0 saturated carbocycles. The van der Waals surface area contributed by atoms with Gasteiger partial charge in [0, 0.05) is 30.6 Å². The Kier molecular flexibility index (Phi) is 4.79. The first-order chi connectivity index (χ1) is 11.7. The summed E-state index contributed by atoms with van der Waals surface area (Å²) in [5, 5.41) is 2.81. The van der Waals surface area contributed by atoms with Gasteiger partial charge in [0.05, 0.1) is 13.7 Å². The lowest BCUT2D eigenvalue weighted by atomic mass is 9.99. The molecule has 1 fully saturated rings. The zero-order valence-electron chi connectivity index (χ0n) is 13.6. The molecule has 24 heavy (non-hydrogen) atoms. The van der Waals surface area contributed by atoms with Crippen LogP contribution in [0.3, 0.4) is 0 Å². The summed E-state index contributed by atoms with van der Waals surface area (Å²) in [5.74, 6) is 0.646. The maximum Gasteiger partial charge on any atom is 0.243 e. The topological polar surface area (TPSA) is 58.6 Å². The van der Waals surface area contributed by atoms with E-state index >= 15 is 0 Å². The van der Waals surface area contributed by atoms with Crippen LogP contribution in [0.2, 0.25) is 0 Å². The second-order valence-corrected chi connectivity index (χ2v) is 5.87. The number of benzene rings is 2. The van der Waals surface area contributed by atoms with Gasteiger partial charge >= 0.3 is 0 Å². The van der Waals surface area contributed by atoms with Crippen molar-refractivity contribution in [1.29, 1.82) is 0 Å². The number of anilines is 1. The quantitative estimate of drug-likeness (QED) is 0.920. The average Bonchev–Trinajstić information content (AvgIpc) is 2.96. The van der Waals surface area contributed by atoms with Gasteiger partial charge in [-0.05, 0) is 17.7 Å². The molecule has 1 heterocycles. The van der Waals surface area contributed by atoms with Crippen molar-refractivity contribution in [2.75, 3.05) is 25.5 Å². The fourth-order valence-corrected chi connectivity index (χ4v) is 2.95. The molecular weight excluding hydrogens is 304 g/mol. The molecule has 1 N–H and O–H groups in total. The summed E-state index contributed by atoms with van der Waals surface area (Å²) >= 11 is 0. The van der Waals surface area contributed by atoms with Crippen LogP contribution >= 0.6 is 0 Å². The number of carbonyl (C=O) groups is 2. The van der Waals surface area contributed by atoms with E-state index < -0.39 is 0 Å². The van der Waals surface area contributed by atoms with Gasteiger partial charge in [-0.1, -0.05) is 36.4 Å². The highest BCUT2D eigenvalue weighted by molar-refractivity contribution is 5.95. The number of carbonyl (C=O) groups excluding carboxylic acids is 2. The van der Waals surface area contributed by atoms with Crippen molar-refractivity contribution in [1.82, 2.24) is 4.90 Å². The number of nitrogens with one attached hydrogen (secondary N) is 1. The van der Waals surface area contributed by atoms with Crippen LogP contribution < -0.4 is 10.1 Å². The van der Waals surface area contributed by atoms with Crippen LogP contribution in [-0.4, -0.2) is 36.9 Å². The molecule has 0 aliphatic carbocycles. The van der Waals surface area contributed by atoms with Gasteiger partial charge in [0.15, 0.2) is 0 Å². The predicted octanol–water partition coefficient (Wildman–Crippen LogP) is 2.65. The SMILES string of the molecule is COc1cccc(NC(=O)CN2C[C@@H](c3ccccc3)CC2=O)c1. The van der Waals surface area contributed by atoms with Crippen molar-refractivity contribution < 1.29 is 14.3 Å². The second-order valence-electron chi connectivity index (χ2n) is 5.87. The normalized spacial score (nSPS) is 17.0. The maximum atomic E-state index is 12.2. The standard InChI is InChI=1S/C19H20N2O3/c1-24-17-9-5-8-16(11-17)20-18(22)13-21-12-15(10-19(21)23)14-6-3-2-4-7-14/h2-9,11,15H,10,12-13H2,1H3,(H,20,22)/t15-/m0/s1. The lowest BCUT2D eigenvalue weighted by Gasteiger charge is -2.16. The van der Waals surface area contributed by atoms with Gasteiger partial charge in [0.2, 0.25) is 11.8 Å². The Bertz CT molecular complexity index is 730. The second kappa shape index (κ2) is 7.17. The first-order valence-electron chi connectivity index (χ1n) is 7.92. The lowest BCUT2D eigenvalue weighted by Crippen LogP contribution is -2.34. The smallest absolute Gasteiger partial charge is 0.243 e. The zero-order chi connectivity index (χ0) is 16.9. The molecule has 1 saturated heterocycles. The molecule has 0 spiro atoms. The number of hydrogen-bond acceptors (Lipinski definition) is 3. The zero-order valence-corrected chi connectivity index (χ0v) is 13.6. The number of methoxy groups -OCH3 is 1. The van der Waals surface area contributed by atoms with Crippen molar-refractivity contribution in [3.8, 4) is 5.75 Å². The van der Waals surface area contributed by atoms with Gasteiger partial charge in [-0.15, -0.1) is 0 Å². The minimum Gasteiger partial charge on any atom is -0.497 e. The maximum absolute atomic E-state index is 12.2. The molecule has 2 amide bonds. The fraction of sp³-hybridized carbons (Fsp3) is 0.263. The highest BCUT2D eigenvalue weighted by Crippen LogP contribution is 2.27. The molecule has 2 aromatic carbocycles. The third kappa shape index (κ3) is 3.74. The number of ether oxygens (including phenoxy) is 1. The summed E-state index contributed by atoms with van der Waals surface area (Å²) in [4.78, 5) is 26.0. The van der Waals surface area contributed by atoms with Crippen LogP contribution in [0.25, 0.3) is 0 Å². The molecule has 124 valence electrons. The van der Waals surface area contributed by atoms with E-state index in [0.29, 0.717) is 24.4 Å². The molecular formula is C19H20N2O3. The molecule has 5 heteroatoms. The van der Waals surface area contributed by atoms with E-state index in [1.54, 1.807) is 30.2 Å². The molecule has 5 nitrogen and oxygen atoms in total.